The van der Waals surface area contributed by atoms with E-state index in [1.807, 2.05) is 109 Å². The van der Waals surface area contributed by atoms with E-state index in [-0.39, 0.29) is 0 Å². The Bertz CT molecular complexity index is 7590. The number of hydrogen-bond acceptors (Lipinski definition) is 8. The molecule has 2 aliphatic heterocycles. The monoisotopic (exact) mass is 1550 g/mol. The van der Waals surface area contributed by atoms with Crippen LogP contribution in [0.3, 0.4) is 0 Å². The van der Waals surface area contributed by atoms with Gasteiger partial charge in [-0.25, -0.2) is 9.97 Å². The van der Waals surface area contributed by atoms with E-state index >= 15 is 0 Å². The predicted octanol–water partition coefficient (Wildman–Crippen LogP) is 30.1. The highest BCUT2D eigenvalue weighted by Crippen LogP contribution is 2.53. The highest BCUT2D eigenvalue weighted by Gasteiger charge is 2.27. The number of rotatable bonds is 10. The lowest BCUT2D eigenvalue weighted by molar-refractivity contribution is 0.486. The number of nitriles is 2. The number of aromatic nitrogens is 4. The zero-order chi connectivity index (χ0) is 80.9. The van der Waals surface area contributed by atoms with Crippen LogP contribution in [0, 0.1) is 22.7 Å². The van der Waals surface area contributed by atoms with Crippen molar-refractivity contribution >= 4 is 86.2 Å². The van der Waals surface area contributed by atoms with Gasteiger partial charge in [-0.05, 0) is 263 Å². The molecule has 19 aromatic carbocycles. The van der Waals surface area contributed by atoms with Gasteiger partial charge in [0.1, 0.15) is 23.0 Å². The van der Waals surface area contributed by atoms with Crippen molar-refractivity contribution in [1.82, 2.24) is 19.9 Å². The quantitative estimate of drug-likeness (QED) is 0.124. The molecule has 2 aliphatic rings. The maximum atomic E-state index is 9.50. The first kappa shape index (κ1) is 70.6. The topological polar surface area (TPSA) is 118 Å². The van der Waals surface area contributed by atoms with Crippen molar-refractivity contribution < 1.29 is 9.47 Å². The highest BCUT2D eigenvalue weighted by molar-refractivity contribution is 6.26. The summed E-state index contributed by atoms with van der Waals surface area (Å²) in [6.07, 6.45) is 3.70. The van der Waals surface area contributed by atoms with E-state index in [1.54, 1.807) is 0 Å². The van der Waals surface area contributed by atoms with Crippen molar-refractivity contribution in [2.24, 2.45) is 0 Å². The molecule has 22 aromatic rings. The molecule has 0 amide bonds. The molecular weight excluding hydrogens is 1490 g/mol. The summed E-state index contributed by atoms with van der Waals surface area (Å²) in [5.74, 6) is 3.74. The number of fused-ring (bicyclic) bond motifs is 14. The first-order valence-corrected chi connectivity index (χ1v) is 40.9. The van der Waals surface area contributed by atoms with Gasteiger partial charge < -0.3 is 9.47 Å². The van der Waals surface area contributed by atoms with Crippen LogP contribution in [0.15, 0.2) is 401 Å². The summed E-state index contributed by atoms with van der Waals surface area (Å²) in [5, 5.41) is 37.7. The summed E-state index contributed by atoms with van der Waals surface area (Å²) in [6, 6.07) is 141. The molecule has 8 nitrogen and oxygen atoms in total. The van der Waals surface area contributed by atoms with Crippen LogP contribution in [0.4, 0.5) is 0 Å². The molecule has 0 N–H and O–H groups in total. The Hall–Kier alpha value is -16.8. The van der Waals surface area contributed by atoms with E-state index in [1.165, 1.54) is 65.2 Å². The standard InChI is InChI=1S/2C57H33N3O/c58-34-35-18-23-46-48-25-24-41(47-14-9-17-55(57(47)48)61-56(46)28-35)36-19-21-37(22-20-36)49-32-51-45-13-4-2-11-43(45)50(33-52(51)44-12-3-1-10-42(44)49)38-29-39(53-15-5-7-26-59-53)31-40(30-38)54-16-6-8-27-60-54;58-34-35-22-27-45-47-29-28-40(46-20-11-21-54(56(46)47)61-55(45)30-35)36-23-25-37(26-24-36)48-31-49-43-18-9-10-19-44(43)51(32-50(49)42-17-8-7-16-41(42)48)57-59-52(38-12-3-1-4-13-38)33-53(60-57)39-14-5-2-6-15-39/h2*1-33H. The maximum Gasteiger partial charge on any atom is 0.161 e. The van der Waals surface area contributed by atoms with Crippen molar-refractivity contribution in [2.45, 2.75) is 0 Å². The van der Waals surface area contributed by atoms with Gasteiger partial charge in [0.15, 0.2) is 5.82 Å². The highest BCUT2D eigenvalue weighted by atomic mass is 16.5. The van der Waals surface area contributed by atoms with E-state index in [9.17, 15) is 10.5 Å². The molecule has 0 radical (unpaired) electrons. The minimum atomic E-state index is 0.584. The largest absolute Gasteiger partial charge is 0.456 e. The van der Waals surface area contributed by atoms with Gasteiger partial charge in [0.2, 0.25) is 0 Å². The fourth-order valence-corrected chi connectivity index (χ4v) is 18.6. The molecule has 8 heteroatoms. The fraction of sp³-hybridized carbons (Fsp3) is 0. The summed E-state index contributed by atoms with van der Waals surface area (Å²) in [7, 11) is 0. The zero-order valence-electron chi connectivity index (χ0n) is 65.6. The lowest BCUT2D eigenvalue weighted by atomic mass is 9.86. The van der Waals surface area contributed by atoms with Crippen LogP contribution in [0.25, 0.3) is 220 Å². The predicted molar refractivity (Wildman–Crippen MR) is 499 cm³/mol. The summed E-state index contributed by atoms with van der Waals surface area (Å²) >= 11 is 0. The van der Waals surface area contributed by atoms with E-state index in [2.05, 4.69) is 303 Å². The zero-order valence-corrected chi connectivity index (χ0v) is 65.6. The summed E-state index contributed by atoms with van der Waals surface area (Å²) in [4.78, 5) is 20.0. The molecule has 0 unspecified atom stereocenters. The van der Waals surface area contributed by atoms with Crippen molar-refractivity contribution in [3.8, 4) is 169 Å². The van der Waals surface area contributed by atoms with Crippen molar-refractivity contribution in [2.75, 3.05) is 0 Å². The summed E-state index contributed by atoms with van der Waals surface area (Å²) in [6.45, 7) is 0. The first-order valence-electron chi connectivity index (χ1n) is 40.9. The minimum absolute atomic E-state index is 0.584. The molecule has 0 fully saturated rings. The lowest BCUT2D eigenvalue weighted by Gasteiger charge is -2.22. The Morgan fingerprint density at radius 3 is 0.910 bits per heavy atom. The molecule has 0 spiro atoms. The number of hydrogen-bond donors (Lipinski definition) is 0. The van der Waals surface area contributed by atoms with E-state index < -0.39 is 0 Å². The van der Waals surface area contributed by atoms with Gasteiger partial charge in [-0.15, -0.1) is 0 Å². The van der Waals surface area contributed by atoms with Crippen molar-refractivity contribution in [3.05, 3.63) is 412 Å². The normalized spacial score (nSPS) is 11.7. The third-order valence-electron chi connectivity index (χ3n) is 24.3. The smallest absolute Gasteiger partial charge is 0.161 e. The Balaban J connectivity index is 0.000000142. The molecular formula is C114H66N6O2. The van der Waals surface area contributed by atoms with Crippen molar-refractivity contribution in [1.29, 1.82) is 10.5 Å². The number of nitrogens with zero attached hydrogens (tertiary/aromatic N) is 6. The molecule has 122 heavy (non-hydrogen) atoms. The summed E-state index contributed by atoms with van der Waals surface area (Å²) in [5.41, 5.74) is 25.7. The minimum Gasteiger partial charge on any atom is -0.456 e. The van der Waals surface area contributed by atoms with Gasteiger partial charge in [0.05, 0.1) is 46.0 Å². The van der Waals surface area contributed by atoms with Gasteiger partial charge in [0, 0.05) is 62.1 Å². The average molecular weight is 1550 g/mol. The second-order valence-electron chi connectivity index (χ2n) is 31.2. The summed E-state index contributed by atoms with van der Waals surface area (Å²) < 4.78 is 12.8. The molecule has 5 heterocycles. The Morgan fingerprint density at radius 1 is 0.189 bits per heavy atom. The molecule has 0 saturated carbocycles. The molecule has 564 valence electrons. The Kier molecular flexibility index (Phi) is 16.9. The van der Waals surface area contributed by atoms with Crippen LogP contribution in [0.5, 0.6) is 23.0 Å². The van der Waals surface area contributed by atoms with Gasteiger partial charge in [-0.2, -0.15) is 10.5 Å². The first-order chi connectivity index (χ1) is 60.4. The Morgan fingerprint density at radius 2 is 0.516 bits per heavy atom. The molecule has 0 atom stereocenters. The second kappa shape index (κ2) is 29.1. The third-order valence-corrected chi connectivity index (χ3v) is 24.3. The number of ether oxygens (including phenoxy) is 2. The second-order valence-corrected chi connectivity index (χ2v) is 31.2. The van der Waals surface area contributed by atoms with Gasteiger partial charge in [0.25, 0.3) is 0 Å². The van der Waals surface area contributed by atoms with E-state index in [0.717, 1.165) is 161 Å². The van der Waals surface area contributed by atoms with Crippen LogP contribution in [-0.4, -0.2) is 19.9 Å². The number of pyridine rings is 2. The Labute approximate surface area is 702 Å². The average Bonchev–Trinajstić information content (AvgIpc) is 0.731. The lowest BCUT2D eigenvalue weighted by Crippen LogP contribution is -1.98. The van der Waals surface area contributed by atoms with Gasteiger partial charge >= 0.3 is 0 Å². The maximum absolute atomic E-state index is 9.50. The molecule has 0 aliphatic carbocycles. The number of benzene rings is 19. The molecule has 3 aromatic heterocycles. The fourth-order valence-electron chi connectivity index (χ4n) is 18.6. The van der Waals surface area contributed by atoms with Crippen LogP contribution >= 0.6 is 0 Å². The van der Waals surface area contributed by atoms with Gasteiger partial charge in [-0.3, -0.25) is 9.97 Å². The van der Waals surface area contributed by atoms with E-state index in [4.69, 9.17) is 29.4 Å². The third kappa shape index (κ3) is 12.0. The van der Waals surface area contributed by atoms with Crippen LogP contribution in [0.2, 0.25) is 0 Å². The van der Waals surface area contributed by atoms with Crippen LogP contribution in [-0.2, 0) is 0 Å². The molecule has 24 rings (SSSR count). The van der Waals surface area contributed by atoms with Crippen molar-refractivity contribution in [3.63, 3.8) is 0 Å². The SMILES string of the molecule is N#Cc1ccc2c(c1)Oc1cccc3c(-c4ccc(-c5cc6c7ccccc7c(-c7cc(-c8ccccn8)cc(-c8ccccn8)c7)cc6c6ccccc56)cc4)ccc-2c13.N#Cc1ccc2c(c1)Oc1cccc3c(-c4ccc(-c5cc6c7ccccc7c(-c7nc(-c8ccccc8)cc(-c8ccccc8)n7)cc6c6ccccc56)cc4)ccc-2c13. The van der Waals surface area contributed by atoms with Gasteiger partial charge in [-0.1, -0.05) is 267 Å². The van der Waals surface area contributed by atoms with E-state index in [0.29, 0.717) is 28.5 Å². The molecule has 0 saturated heterocycles. The van der Waals surface area contributed by atoms with Crippen LogP contribution in [0.1, 0.15) is 11.1 Å². The molecule has 0 bridgehead atoms. The van der Waals surface area contributed by atoms with Crippen LogP contribution < -0.4 is 9.47 Å².